The van der Waals surface area contributed by atoms with Crippen LogP contribution in [0, 0.1) is 5.41 Å². The van der Waals surface area contributed by atoms with Gasteiger partial charge in [-0.1, -0.05) is 49.6 Å². The summed E-state index contributed by atoms with van der Waals surface area (Å²) in [5.41, 5.74) is 2.58. The fourth-order valence-corrected chi connectivity index (χ4v) is 4.55. The Hall–Kier alpha value is -2.14. The fraction of sp³-hybridized carbons (Fsp3) is 0.368. The van der Waals surface area contributed by atoms with Gasteiger partial charge in [-0.15, -0.1) is 11.3 Å². The van der Waals surface area contributed by atoms with Crippen LogP contribution < -0.4 is 0 Å². The van der Waals surface area contributed by atoms with Crippen LogP contribution in [-0.2, 0) is 0 Å². The van der Waals surface area contributed by atoms with Crippen molar-refractivity contribution in [2.75, 3.05) is 6.54 Å². The average molecular weight is 339 g/mol. The second-order valence-electron chi connectivity index (χ2n) is 6.49. The van der Waals surface area contributed by atoms with Crippen LogP contribution in [0.25, 0.3) is 16.8 Å². The smallest absolute Gasteiger partial charge is 0.135 e. The largest absolute Gasteiger partial charge is 0.510 e. The van der Waals surface area contributed by atoms with Gasteiger partial charge in [0.1, 0.15) is 16.6 Å². The molecule has 0 bridgehead atoms. The van der Waals surface area contributed by atoms with E-state index in [9.17, 15) is 5.11 Å². The molecule has 1 fully saturated rings. The van der Waals surface area contributed by atoms with E-state index in [1.165, 1.54) is 30.6 Å². The SMILES string of the molecule is N=C1C(c2nc(-c3ccccc3)cs2)=C(O)CN1C1CCCCC1. The van der Waals surface area contributed by atoms with Crippen molar-refractivity contribution >= 4 is 22.7 Å². The molecule has 0 saturated heterocycles. The van der Waals surface area contributed by atoms with Crippen LogP contribution in [0.2, 0.25) is 0 Å². The van der Waals surface area contributed by atoms with Gasteiger partial charge >= 0.3 is 0 Å². The van der Waals surface area contributed by atoms with Crippen LogP contribution in [-0.4, -0.2) is 33.4 Å². The molecule has 4 rings (SSSR count). The molecular weight excluding hydrogens is 318 g/mol. The van der Waals surface area contributed by atoms with E-state index in [1.807, 2.05) is 35.7 Å². The summed E-state index contributed by atoms with van der Waals surface area (Å²) < 4.78 is 0. The number of hydrogen-bond acceptors (Lipinski definition) is 4. The zero-order valence-corrected chi connectivity index (χ0v) is 14.4. The topological polar surface area (TPSA) is 60.2 Å². The van der Waals surface area contributed by atoms with Gasteiger partial charge in [0, 0.05) is 17.0 Å². The van der Waals surface area contributed by atoms with E-state index in [0.29, 0.717) is 29.8 Å². The Balaban J connectivity index is 1.59. The predicted octanol–water partition coefficient (Wildman–Crippen LogP) is 4.70. The van der Waals surface area contributed by atoms with Gasteiger partial charge in [0.2, 0.25) is 0 Å². The van der Waals surface area contributed by atoms with Crippen molar-refractivity contribution in [3.8, 4) is 11.3 Å². The number of aromatic nitrogens is 1. The molecule has 0 atom stereocenters. The molecule has 2 N–H and O–H groups in total. The lowest BCUT2D eigenvalue weighted by Gasteiger charge is -2.32. The first-order valence-corrected chi connectivity index (χ1v) is 9.41. The van der Waals surface area contributed by atoms with Crippen LogP contribution in [0.4, 0.5) is 0 Å². The van der Waals surface area contributed by atoms with E-state index in [0.717, 1.165) is 29.1 Å². The van der Waals surface area contributed by atoms with E-state index < -0.39 is 0 Å². The highest BCUT2D eigenvalue weighted by atomic mass is 32.1. The molecule has 0 spiro atoms. The Morgan fingerprint density at radius 2 is 1.88 bits per heavy atom. The third-order valence-electron chi connectivity index (χ3n) is 4.94. The molecule has 1 aliphatic heterocycles. The van der Waals surface area contributed by atoms with Crippen LogP contribution in [0.1, 0.15) is 37.1 Å². The summed E-state index contributed by atoms with van der Waals surface area (Å²) in [6.07, 6.45) is 5.98. The van der Waals surface area contributed by atoms with Gasteiger partial charge in [-0.2, -0.15) is 0 Å². The molecule has 5 heteroatoms. The van der Waals surface area contributed by atoms with Crippen molar-refractivity contribution in [1.82, 2.24) is 9.88 Å². The zero-order chi connectivity index (χ0) is 16.5. The standard InChI is InChI=1S/C19H21N3OS/c20-18-17(16(23)11-22(18)14-9-5-2-6-10-14)19-21-15(12-24-19)13-7-3-1-4-8-13/h1,3-4,7-8,12,14,20,23H,2,5-6,9-11H2. The minimum Gasteiger partial charge on any atom is -0.510 e. The van der Waals surface area contributed by atoms with Gasteiger partial charge in [-0.25, -0.2) is 4.98 Å². The first-order chi connectivity index (χ1) is 11.7. The number of rotatable bonds is 3. The van der Waals surface area contributed by atoms with Gasteiger partial charge in [0.05, 0.1) is 17.8 Å². The normalized spacial score (nSPS) is 19.3. The second kappa shape index (κ2) is 6.40. The molecule has 0 amide bonds. The summed E-state index contributed by atoms with van der Waals surface area (Å²) >= 11 is 1.50. The second-order valence-corrected chi connectivity index (χ2v) is 7.35. The van der Waals surface area contributed by atoms with Crippen molar-refractivity contribution < 1.29 is 5.11 Å². The summed E-state index contributed by atoms with van der Waals surface area (Å²) in [6, 6.07) is 10.4. The molecule has 1 aliphatic carbocycles. The molecule has 24 heavy (non-hydrogen) atoms. The van der Waals surface area contributed by atoms with Crippen molar-refractivity contribution in [1.29, 1.82) is 5.41 Å². The van der Waals surface area contributed by atoms with Crippen molar-refractivity contribution in [3.05, 3.63) is 46.5 Å². The van der Waals surface area contributed by atoms with Gasteiger partial charge in [0.25, 0.3) is 0 Å². The van der Waals surface area contributed by atoms with Gasteiger partial charge in [-0.3, -0.25) is 5.41 Å². The fourth-order valence-electron chi connectivity index (χ4n) is 3.66. The number of benzene rings is 1. The van der Waals surface area contributed by atoms with Crippen molar-refractivity contribution in [2.24, 2.45) is 0 Å². The van der Waals surface area contributed by atoms with Crippen LogP contribution in [0.5, 0.6) is 0 Å². The zero-order valence-electron chi connectivity index (χ0n) is 13.5. The highest BCUT2D eigenvalue weighted by molar-refractivity contribution is 7.11. The Morgan fingerprint density at radius 1 is 1.12 bits per heavy atom. The third-order valence-corrected chi connectivity index (χ3v) is 5.80. The van der Waals surface area contributed by atoms with E-state index in [2.05, 4.69) is 9.88 Å². The first kappa shape index (κ1) is 15.4. The number of nitrogens with zero attached hydrogens (tertiary/aromatic N) is 2. The number of thiazole rings is 1. The lowest BCUT2D eigenvalue weighted by molar-refractivity contribution is 0.241. The van der Waals surface area contributed by atoms with Crippen LogP contribution in [0.3, 0.4) is 0 Å². The Morgan fingerprint density at radius 3 is 2.62 bits per heavy atom. The highest BCUT2D eigenvalue weighted by Gasteiger charge is 2.34. The molecular formula is C19H21N3OS. The lowest BCUT2D eigenvalue weighted by atomic mass is 9.94. The quantitative estimate of drug-likeness (QED) is 0.852. The molecule has 0 radical (unpaired) electrons. The summed E-state index contributed by atoms with van der Waals surface area (Å²) in [5.74, 6) is 0.730. The number of aliphatic hydroxyl groups is 1. The maximum atomic E-state index is 10.5. The Kier molecular flexibility index (Phi) is 4.10. The number of hydrogen-bond donors (Lipinski definition) is 2. The van der Waals surface area contributed by atoms with Crippen LogP contribution >= 0.6 is 11.3 Å². The average Bonchev–Trinajstić information content (AvgIpc) is 3.21. The maximum Gasteiger partial charge on any atom is 0.135 e. The van der Waals surface area contributed by atoms with E-state index >= 15 is 0 Å². The van der Waals surface area contributed by atoms with Gasteiger partial charge in [0.15, 0.2) is 0 Å². The Labute approximate surface area is 146 Å². The van der Waals surface area contributed by atoms with E-state index in [1.54, 1.807) is 0 Å². The lowest BCUT2D eigenvalue weighted by Crippen LogP contribution is -2.38. The minimum atomic E-state index is 0.291. The molecule has 1 aromatic heterocycles. The Bertz CT molecular complexity index is 775. The molecule has 2 aliphatic rings. The first-order valence-electron chi connectivity index (χ1n) is 8.53. The number of amidine groups is 1. The van der Waals surface area contributed by atoms with Gasteiger partial charge < -0.3 is 10.0 Å². The van der Waals surface area contributed by atoms with Gasteiger partial charge in [-0.05, 0) is 12.8 Å². The number of aliphatic hydroxyl groups excluding tert-OH is 1. The molecule has 4 nitrogen and oxygen atoms in total. The van der Waals surface area contributed by atoms with Crippen molar-refractivity contribution in [3.63, 3.8) is 0 Å². The number of nitrogens with one attached hydrogen (secondary N) is 1. The molecule has 1 aromatic carbocycles. The molecule has 2 heterocycles. The molecule has 2 aromatic rings. The summed E-state index contributed by atoms with van der Waals surface area (Å²) in [5, 5.41) is 21.8. The highest BCUT2D eigenvalue weighted by Crippen LogP contribution is 2.35. The summed E-state index contributed by atoms with van der Waals surface area (Å²) in [7, 11) is 0. The van der Waals surface area contributed by atoms with E-state index in [4.69, 9.17) is 5.41 Å². The molecule has 124 valence electrons. The third kappa shape index (κ3) is 2.73. The van der Waals surface area contributed by atoms with E-state index in [-0.39, 0.29) is 0 Å². The molecule has 0 unspecified atom stereocenters. The monoisotopic (exact) mass is 339 g/mol. The van der Waals surface area contributed by atoms with Crippen LogP contribution in [0.15, 0.2) is 41.5 Å². The summed E-state index contributed by atoms with van der Waals surface area (Å²) in [4.78, 5) is 6.74. The molecule has 1 saturated carbocycles. The minimum absolute atomic E-state index is 0.291. The maximum absolute atomic E-state index is 10.5. The predicted molar refractivity (Wildman–Crippen MR) is 98.4 cm³/mol. The van der Waals surface area contributed by atoms with Crippen molar-refractivity contribution in [2.45, 2.75) is 38.1 Å². The summed E-state index contributed by atoms with van der Waals surface area (Å²) in [6.45, 7) is 0.457.